The third-order valence-electron chi connectivity index (χ3n) is 4.64. The number of amides is 1. The molecular formula is C21H29N3O4S. The second-order valence-electron chi connectivity index (χ2n) is 7.12. The Morgan fingerprint density at radius 1 is 1.14 bits per heavy atom. The fourth-order valence-electron chi connectivity index (χ4n) is 3.00. The zero-order chi connectivity index (χ0) is 21.8. The highest BCUT2D eigenvalue weighted by molar-refractivity contribution is 7.90. The van der Waals surface area contributed by atoms with Gasteiger partial charge in [-0.25, -0.2) is 4.31 Å². The van der Waals surface area contributed by atoms with Gasteiger partial charge in [0.15, 0.2) is 0 Å². The summed E-state index contributed by atoms with van der Waals surface area (Å²) in [6, 6.07) is 12.6. The average Bonchev–Trinajstić information content (AvgIpc) is 2.67. The van der Waals surface area contributed by atoms with Crippen molar-refractivity contribution in [3.63, 3.8) is 0 Å². The number of nitrogens with zero attached hydrogens (tertiary/aromatic N) is 2. The molecule has 158 valence electrons. The van der Waals surface area contributed by atoms with E-state index in [9.17, 15) is 13.2 Å². The van der Waals surface area contributed by atoms with Crippen LogP contribution in [0.2, 0.25) is 0 Å². The van der Waals surface area contributed by atoms with Gasteiger partial charge < -0.3 is 10.1 Å². The number of carbonyl (C=O) groups is 1. The molecule has 0 aliphatic heterocycles. The number of benzene rings is 2. The van der Waals surface area contributed by atoms with E-state index in [1.807, 2.05) is 57.2 Å². The molecule has 0 radical (unpaired) electrons. The molecule has 0 saturated carbocycles. The molecule has 0 aliphatic rings. The minimum atomic E-state index is -3.86. The van der Waals surface area contributed by atoms with E-state index in [1.165, 1.54) is 14.1 Å². The normalized spacial score (nSPS) is 12.5. The molecule has 1 N–H and O–H groups in total. The van der Waals surface area contributed by atoms with Crippen molar-refractivity contribution in [2.24, 2.45) is 0 Å². The number of methoxy groups -OCH3 is 1. The highest BCUT2D eigenvalue weighted by atomic mass is 32.2. The highest BCUT2D eigenvalue weighted by Crippen LogP contribution is 2.26. The highest BCUT2D eigenvalue weighted by Gasteiger charge is 2.29. The van der Waals surface area contributed by atoms with Crippen LogP contribution >= 0.6 is 0 Å². The summed E-state index contributed by atoms with van der Waals surface area (Å²) >= 11 is 0. The predicted molar refractivity (Wildman–Crippen MR) is 115 cm³/mol. The first kappa shape index (κ1) is 22.7. The van der Waals surface area contributed by atoms with Crippen molar-refractivity contribution in [2.75, 3.05) is 32.1 Å². The third kappa shape index (κ3) is 5.27. The first-order chi connectivity index (χ1) is 13.6. The Morgan fingerprint density at radius 2 is 1.79 bits per heavy atom. The average molecular weight is 420 g/mol. The van der Waals surface area contributed by atoms with Crippen LogP contribution in [0.4, 0.5) is 5.69 Å². The molecule has 2 aromatic rings. The molecule has 2 rings (SSSR count). The molecule has 1 unspecified atom stereocenters. The van der Waals surface area contributed by atoms with Gasteiger partial charge in [0.25, 0.3) is 0 Å². The van der Waals surface area contributed by atoms with Gasteiger partial charge in [-0.2, -0.15) is 12.7 Å². The maximum Gasteiger partial charge on any atom is 0.304 e. The molecule has 1 atom stereocenters. The Hall–Kier alpha value is -2.58. The number of para-hydroxylation sites is 1. The van der Waals surface area contributed by atoms with Crippen molar-refractivity contribution >= 4 is 21.8 Å². The number of rotatable bonds is 8. The summed E-state index contributed by atoms with van der Waals surface area (Å²) in [4.78, 5) is 12.8. The lowest BCUT2D eigenvalue weighted by Gasteiger charge is -2.29. The number of aryl methyl sites for hydroxylation is 2. The molecule has 0 spiro atoms. The lowest BCUT2D eigenvalue weighted by Crippen LogP contribution is -2.46. The molecule has 1 amide bonds. The topological polar surface area (TPSA) is 79.0 Å². The van der Waals surface area contributed by atoms with Crippen LogP contribution in [-0.4, -0.2) is 46.4 Å². The molecule has 2 aromatic carbocycles. The Balaban J connectivity index is 2.31. The van der Waals surface area contributed by atoms with E-state index in [4.69, 9.17) is 4.74 Å². The summed E-state index contributed by atoms with van der Waals surface area (Å²) in [5, 5.41) is 2.87. The van der Waals surface area contributed by atoms with E-state index in [0.29, 0.717) is 11.4 Å². The van der Waals surface area contributed by atoms with Crippen molar-refractivity contribution in [3.05, 3.63) is 59.2 Å². The lowest BCUT2D eigenvalue weighted by atomic mass is 10.1. The quantitative estimate of drug-likeness (QED) is 0.714. The first-order valence-corrected chi connectivity index (χ1v) is 10.7. The summed E-state index contributed by atoms with van der Waals surface area (Å²) < 4.78 is 33.5. The smallest absolute Gasteiger partial charge is 0.304 e. The summed E-state index contributed by atoms with van der Waals surface area (Å²) in [5.74, 6) is 0.252. The van der Waals surface area contributed by atoms with Gasteiger partial charge in [-0.05, 0) is 44.0 Å². The Morgan fingerprint density at radius 3 is 2.41 bits per heavy atom. The van der Waals surface area contributed by atoms with Gasteiger partial charge in [-0.1, -0.05) is 30.3 Å². The van der Waals surface area contributed by atoms with Crippen LogP contribution in [0.1, 0.15) is 29.7 Å². The molecule has 0 fully saturated rings. The molecule has 7 nitrogen and oxygen atoms in total. The molecule has 8 heteroatoms. The molecule has 29 heavy (non-hydrogen) atoms. The van der Waals surface area contributed by atoms with E-state index >= 15 is 0 Å². The van der Waals surface area contributed by atoms with E-state index in [1.54, 1.807) is 13.2 Å². The van der Waals surface area contributed by atoms with Crippen LogP contribution in [0, 0.1) is 13.8 Å². The van der Waals surface area contributed by atoms with Gasteiger partial charge in [-0.15, -0.1) is 0 Å². The van der Waals surface area contributed by atoms with Gasteiger partial charge in [0.2, 0.25) is 5.91 Å². The van der Waals surface area contributed by atoms with E-state index in [2.05, 4.69) is 5.32 Å². The number of carbonyl (C=O) groups excluding carboxylic acids is 1. The van der Waals surface area contributed by atoms with Gasteiger partial charge in [0, 0.05) is 19.7 Å². The van der Waals surface area contributed by atoms with Crippen LogP contribution < -0.4 is 14.4 Å². The lowest BCUT2D eigenvalue weighted by molar-refractivity contribution is -0.120. The number of nitrogens with one attached hydrogen (secondary N) is 1. The Labute approximate surface area is 173 Å². The van der Waals surface area contributed by atoms with E-state index in [-0.39, 0.29) is 12.6 Å². The van der Waals surface area contributed by atoms with Crippen LogP contribution in [0.25, 0.3) is 0 Å². The molecule has 0 aliphatic carbocycles. The standard InChI is InChI=1S/C21H29N3O4S/c1-15-11-12-16(2)19(13-15)24(29(26,27)23(4)5)14-21(25)22-17(3)18-9-7-8-10-20(18)28-6/h7-13,17H,14H2,1-6H3,(H,22,25). The summed E-state index contributed by atoms with van der Waals surface area (Å²) in [6.45, 7) is 5.21. The number of hydrogen-bond acceptors (Lipinski definition) is 4. The maximum absolute atomic E-state index is 12.9. The van der Waals surface area contributed by atoms with Crippen LogP contribution in [0.5, 0.6) is 5.75 Å². The summed E-state index contributed by atoms with van der Waals surface area (Å²) in [5.41, 5.74) is 2.98. The first-order valence-electron chi connectivity index (χ1n) is 9.27. The van der Waals surface area contributed by atoms with Crippen molar-refractivity contribution in [1.29, 1.82) is 0 Å². The minimum Gasteiger partial charge on any atom is -0.496 e. The Bertz CT molecular complexity index is 974. The molecule has 0 heterocycles. The third-order valence-corrected chi connectivity index (χ3v) is 6.45. The van der Waals surface area contributed by atoms with Crippen LogP contribution in [0.3, 0.4) is 0 Å². The monoisotopic (exact) mass is 419 g/mol. The Kier molecular flexibility index (Phi) is 7.26. The molecule has 0 saturated heterocycles. The van der Waals surface area contributed by atoms with Gasteiger partial charge in [-0.3, -0.25) is 4.79 Å². The number of anilines is 1. The predicted octanol–water partition coefficient (Wildman–Crippen LogP) is 2.80. The summed E-state index contributed by atoms with van der Waals surface area (Å²) in [6.07, 6.45) is 0. The van der Waals surface area contributed by atoms with E-state index in [0.717, 1.165) is 25.3 Å². The van der Waals surface area contributed by atoms with Gasteiger partial charge >= 0.3 is 10.2 Å². The van der Waals surface area contributed by atoms with Crippen LogP contribution in [-0.2, 0) is 15.0 Å². The second kappa shape index (κ2) is 9.28. The molecule has 0 bridgehead atoms. The fourth-order valence-corrected chi connectivity index (χ4v) is 4.12. The number of ether oxygens (including phenoxy) is 1. The van der Waals surface area contributed by atoms with Crippen molar-refractivity contribution in [1.82, 2.24) is 9.62 Å². The van der Waals surface area contributed by atoms with Crippen molar-refractivity contribution in [3.8, 4) is 5.75 Å². The van der Waals surface area contributed by atoms with Crippen molar-refractivity contribution < 1.29 is 17.9 Å². The maximum atomic E-state index is 12.9. The van der Waals surface area contributed by atoms with Gasteiger partial charge in [0.1, 0.15) is 12.3 Å². The zero-order valence-corrected chi connectivity index (χ0v) is 18.6. The summed E-state index contributed by atoms with van der Waals surface area (Å²) in [7, 11) is 0.605. The molecule has 0 aromatic heterocycles. The zero-order valence-electron chi connectivity index (χ0n) is 17.8. The fraction of sp³-hybridized carbons (Fsp3) is 0.381. The largest absolute Gasteiger partial charge is 0.496 e. The molecular weight excluding hydrogens is 390 g/mol. The van der Waals surface area contributed by atoms with Crippen molar-refractivity contribution in [2.45, 2.75) is 26.8 Å². The van der Waals surface area contributed by atoms with Gasteiger partial charge in [0.05, 0.1) is 18.8 Å². The second-order valence-corrected chi connectivity index (χ2v) is 9.18. The SMILES string of the molecule is COc1ccccc1C(C)NC(=O)CN(c1cc(C)ccc1C)S(=O)(=O)N(C)C. The minimum absolute atomic E-state index is 0.329. The number of hydrogen-bond donors (Lipinski definition) is 1. The van der Waals surface area contributed by atoms with E-state index < -0.39 is 16.1 Å². The van der Waals surface area contributed by atoms with Crippen LogP contribution in [0.15, 0.2) is 42.5 Å².